The van der Waals surface area contributed by atoms with Gasteiger partial charge in [-0.3, -0.25) is 10.8 Å². The van der Waals surface area contributed by atoms with E-state index in [2.05, 4.69) is 124 Å². The number of hydrogen-bond acceptors (Lipinski definition) is 3. The van der Waals surface area contributed by atoms with E-state index in [1.807, 2.05) is 42.5 Å². The summed E-state index contributed by atoms with van der Waals surface area (Å²) >= 11 is 0. The fraction of sp³-hybridized carbons (Fsp3) is 0. The number of hydrogen-bond donors (Lipinski definition) is 2. The highest BCUT2D eigenvalue weighted by molar-refractivity contribution is 6.13. The Bertz CT molecular complexity index is 2700. The van der Waals surface area contributed by atoms with Gasteiger partial charge in [0.05, 0.1) is 22.1 Å². The predicted octanol–water partition coefficient (Wildman–Crippen LogP) is 10.9. The zero-order valence-corrected chi connectivity index (χ0v) is 26.5. The van der Waals surface area contributed by atoms with Crippen molar-refractivity contribution in [3.05, 3.63) is 181 Å². The molecule has 0 aliphatic carbocycles. The number of rotatable bonds is 5. The Kier molecular flexibility index (Phi) is 6.69. The normalized spacial score (nSPS) is 11.4. The largest absolute Gasteiger partial charge is 0.421 e. The minimum absolute atomic E-state index is 0.0472. The molecule has 0 atom stereocenters. The summed E-state index contributed by atoms with van der Waals surface area (Å²) in [5.41, 5.74) is 10.3. The molecule has 0 aliphatic heterocycles. The van der Waals surface area contributed by atoms with Gasteiger partial charge in [-0.05, 0) is 96.1 Å². The monoisotopic (exact) mass is 630 g/mol. The van der Waals surface area contributed by atoms with Crippen LogP contribution in [0.1, 0.15) is 11.1 Å². The molecule has 2 aromatic heterocycles. The summed E-state index contributed by atoms with van der Waals surface area (Å²) in [4.78, 5) is 0. The van der Waals surface area contributed by atoms with Gasteiger partial charge >= 0.3 is 0 Å². The van der Waals surface area contributed by atoms with Gasteiger partial charge in [0.1, 0.15) is 0 Å². The van der Waals surface area contributed by atoms with Crippen LogP contribution in [0.2, 0.25) is 0 Å². The average Bonchev–Trinajstić information content (AvgIpc) is 3.68. The van der Waals surface area contributed by atoms with Gasteiger partial charge in [-0.2, -0.15) is 0 Å². The molecule has 49 heavy (non-hydrogen) atoms. The van der Waals surface area contributed by atoms with Crippen molar-refractivity contribution in [3.8, 4) is 22.5 Å². The molecule has 0 radical (unpaired) electrons. The molecule has 0 aliphatic rings. The van der Waals surface area contributed by atoms with Crippen LogP contribution in [-0.4, -0.2) is 20.9 Å². The van der Waals surface area contributed by atoms with E-state index in [0.29, 0.717) is 11.1 Å². The molecule has 0 spiro atoms. The Morgan fingerprint density at radius 2 is 0.776 bits per heavy atom. The van der Waals surface area contributed by atoms with Crippen LogP contribution in [0.25, 0.3) is 66.1 Å². The summed E-state index contributed by atoms with van der Waals surface area (Å²) in [6.45, 7) is 0. The first-order chi connectivity index (χ1) is 24.1. The molecule has 0 unspecified atom stereocenters. The number of ether oxygens (including phenoxy) is 1. The SMILES string of the molecule is N=C(OC(=N)c1ccc(-n2c3ccccc3c3cc(-c4ccc5c(c4)c4ccccc4n5-c4ccccc4)ccc32)cc1)c1ccccc1. The first-order valence-electron chi connectivity index (χ1n) is 16.3. The number of fused-ring (bicyclic) bond motifs is 6. The third kappa shape index (κ3) is 4.79. The smallest absolute Gasteiger partial charge is 0.221 e. The summed E-state index contributed by atoms with van der Waals surface area (Å²) in [6.07, 6.45) is 0. The summed E-state index contributed by atoms with van der Waals surface area (Å²) in [5.74, 6) is -0.106. The standard InChI is InChI=1S/C44H30N4O/c45-43(29-11-3-1-4-12-29)49-44(46)30-19-23-34(24-20-30)48-40-18-10-8-16-36(40)38-28-32(22-26-42(38)48)31-21-25-41-37(27-31)35-15-7-9-17-39(35)47(41)33-13-5-2-6-14-33/h1-28,45-46H. The fourth-order valence-corrected chi connectivity index (χ4v) is 7.01. The van der Waals surface area contributed by atoms with E-state index < -0.39 is 0 Å². The van der Waals surface area contributed by atoms with Crippen LogP contribution in [0.15, 0.2) is 170 Å². The molecule has 9 rings (SSSR count). The highest BCUT2D eigenvalue weighted by Gasteiger charge is 2.16. The number of nitrogens with zero attached hydrogens (tertiary/aromatic N) is 2. The van der Waals surface area contributed by atoms with Gasteiger partial charge in [0.2, 0.25) is 11.8 Å². The van der Waals surface area contributed by atoms with Crippen molar-refractivity contribution in [2.45, 2.75) is 0 Å². The molecule has 5 heteroatoms. The topological polar surface area (TPSA) is 66.8 Å². The van der Waals surface area contributed by atoms with Gasteiger partial charge in [0, 0.05) is 44.0 Å². The summed E-state index contributed by atoms with van der Waals surface area (Å²) < 4.78 is 10.2. The Hall–Kier alpha value is -6.72. The Morgan fingerprint density at radius 1 is 0.367 bits per heavy atom. The van der Waals surface area contributed by atoms with Crippen molar-refractivity contribution in [1.82, 2.24) is 9.13 Å². The molecular weight excluding hydrogens is 601 g/mol. The maximum atomic E-state index is 8.49. The maximum Gasteiger partial charge on any atom is 0.221 e. The molecule has 5 nitrogen and oxygen atoms in total. The molecule has 7 aromatic carbocycles. The van der Waals surface area contributed by atoms with Crippen molar-refractivity contribution < 1.29 is 4.74 Å². The molecule has 0 saturated heterocycles. The average molecular weight is 631 g/mol. The fourth-order valence-electron chi connectivity index (χ4n) is 7.01. The summed E-state index contributed by atoms with van der Waals surface area (Å²) in [7, 11) is 0. The van der Waals surface area contributed by atoms with Crippen LogP contribution in [-0.2, 0) is 4.74 Å². The third-order valence-corrected chi connectivity index (χ3v) is 9.32. The minimum Gasteiger partial charge on any atom is -0.421 e. The molecule has 232 valence electrons. The predicted molar refractivity (Wildman–Crippen MR) is 202 cm³/mol. The van der Waals surface area contributed by atoms with E-state index in [1.54, 1.807) is 12.1 Å². The lowest BCUT2D eigenvalue weighted by molar-refractivity contribution is 0.538. The van der Waals surface area contributed by atoms with Crippen LogP contribution >= 0.6 is 0 Å². The van der Waals surface area contributed by atoms with Crippen molar-refractivity contribution in [1.29, 1.82) is 10.8 Å². The van der Waals surface area contributed by atoms with Crippen molar-refractivity contribution >= 4 is 55.4 Å². The van der Waals surface area contributed by atoms with Crippen LogP contribution in [0.5, 0.6) is 0 Å². The Labute approximate surface area is 282 Å². The second-order valence-corrected chi connectivity index (χ2v) is 12.2. The lowest BCUT2D eigenvalue weighted by atomic mass is 10.0. The van der Waals surface area contributed by atoms with E-state index in [4.69, 9.17) is 15.6 Å². The van der Waals surface area contributed by atoms with Crippen LogP contribution in [0.4, 0.5) is 0 Å². The lowest BCUT2D eigenvalue weighted by Gasteiger charge is -2.11. The van der Waals surface area contributed by atoms with Crippen molar-refractivity contribution in [2.75, 3.05) is 0 Å². The molecule has 2 N–H and O–H groups in total. The molecule has 2 heterocycles. The molecule has 0 bridgehead atoms. The second kappa shape index (κ2) is 11.5. The van der Waals surface area contributed by atoms with Gasteiger partial charge in [0.25, 0.3) is 0 Å². The van der Waals surface area contributed by atoms with Crippen molar-refractivity contribution in [3.63, 3.8) is 0 Å². The van der Waals surface area contributed by atoms with E-state index in [-0.39, 0.29) is 11.8 Å². The number of para-hydroxylation sites is 3. The molecule has 0 amide bonds. The lowest BCUT2D eigenvalue weighted by Crippen LogP contribution is -2.12. The third-order valence-electron chi connectivity index (χ3n) is 9.32. The Morgan fingerprint density at radius 3 is 1.31 bits per heavy atom. The van der Waals surface area contributed by atoms with Crippen LogP contribution in [0, 0.1) is 10.8 Å². The number of aromatic nitrogens is 2. The highest BCUT2D eigenvalue weighted by Crippen LogP contribution is 2.38. The number of nitrogens with one attached hydrogen (secondary N) is 2. The van der Waals surface area contributed by atoms with Gasteiger partial charge in [-0.25, -0.2) is 0 Å². The van der Waals surface area contributed by atoms with E-state index >= 15 is 0 Å². The molecule has 0 fully saturated rings. The van der Waals surface area contributed by atoms with E-state index in [0.717, 1.165) is 28.0 Å². The van der Waals surface area contributed by atoms with E-state index in [9.17, 15) is 0 Å². The minimum atomic E-state index is -0.0591. The van der Waals surface area contributed by atoms with Crippen LogP contribution < -0.4 is 0 Å². The van der Waals surface area contributed by atoms with E-state index in [1.165, 1.54) is 38.1 Å². The van der Waals surface area contributed by atoms with Gasteiger partial charge in [-0.1, -0.05) is 84.9 Å². The zero-order valence-electron chi connectivity index (χ0n) is 26.5. The highest BCUT2D eigenvalue weighted by atomic mass is 16.5. The Balaban J connectivity index is 1.11. The second-order valence-electron chi connectivity index (χ2n) is 12.2. The van der Waals surface area contributed by atoms with Crippen molar-refractivity contribution in [2.24, 2.45) is 0 Å². The van der Waals surface area contributed by atoms with Gasteiger partial charge < -0.3 is 13.9 Å². The van der Waals surface area contributed by atoms with Gasteiger partial charge in [0.15, 0.2) is 0 Å². The first kappa shape index (κ1) is 28.5. The van der Waals surface area contributed by atoms with Gasteiger partial charge in [-0.15, -0.1) is 0 Å². The summed E-state index contributed by atoms with van der Waals surface area (Å²) in [5, 5.41) is 21.6. The maximum absolute atomic E-state index is 8.49. The summed E-state index contributed by atoms with van der Waals surface area (Å²) in [6, 6.07) is 58.2. The zero-order chi connectivity index (χ0) is 32.9. The first-order valence-corrected chi connectivity index (χ1v) is 16.3. The molecule has 9 aromatic rings. The quantitative estimate of drug-likeness (QED) is 0.144. The molecular formula is C44H30N4O. The molecule has 0 saturated carbocycles. The van der Waals surface area contributed by atoms with Crippen LogP contribution in [0.3, 0.4) is 0 Å². The number of benzene rings is 7.